The molecule has 1 heterocycles. The highest BCUT2D eigenvalue weighted by Gasteiger charge is 2.29. The quantitative estimate of drug-likeness (QED) is 0.881. The Morgan fingerprint density at radius 3 is 2.83 bits per heavy atom. The largest absolute Gasteiger partial charge is 0.396 e. The second kappa shape index (κ2) is 6.17. The van der Waals surface area contributed by atoms with Crippen molar-refractivity contribution in [3.63, 3.8) is 0 Å². The van der Waals surface area contributed by atoms with Gasteiger partial charge in [-0.2, -0.15) is 0 Å². The van der Waals surface area contributed by atoms with Gasteiger partial charge < -0.3 is 5.11 Å². The number of hydrogen-bond acceptors (Lipinski definition) is 2. The Hall–Kier alpha value is -1.12. The van der Waals surface area contributed by atoms with E-state index in [4.69, 9.17) is 0 Å². The predicted molar refractivity (Wildman–Crippen MR) is 76.3 cm³/mol. The molecule has 0 aromatic heterocycles. The van der Waals surface area contributed by atoms with Crippen molar-refractivity contribution in [3.8, 4) is 0 Å². The molecule has 0 radical (unpaired) electrons. The molecule has 18 heavy (non-hydrogen) atoms. The molecule has 1 aromatic carbocycles. The molecule has 0 bridgehead atoms. The monoisotopic (exact) mass is 245 g/mol. The fourth-order valence-electron chi connectivity index (χ4n) is 2.61. The molecule has 1 aliphatic heterocycles. The van der Waals surface area contributed by atoms with E-state index in [1.54, 1.807) is 0 Å². The van der Waals surface area contributed by atoms with Crippen LogP contribution in [0.2, 0.25) is 0 Å². The van der Waals surface area contributed by atoms with Crippen LogP contribution in [0.5, 0.6) is 0 Å². The molecule has 2 heteroatoms. The number of rotatable bonds is 4. The average molecular weight is 245 g/mol. The second-order valence-electron chi connectivity index (χ2n) is 5.62. The topological polar surface area (TPSA) is 23.5 Å². The summed E-state index contributed by atoms with van der Waals surface area (Å²) in [6, 6.07) is 10.4. The van der Waals surface area contributed by atoms with Crippen LogP contribution in [0.4, 0.5) is 0 Å². The molecular weight excluding hydrogens is 222 g/mol. The number of aliphatic hydroxyl groups excluding tert-OH is 1. The summed E-state index contributed by atoms with van der Waals surface area (Å²) in [5.74, 6) is 0. The molecule has 1 atom stereocenters. The van der Waals surface area contributed by atoms with Gasteiger partial charge in [0.2, 0.25) is 0 Å². The number of piperidine rings is 1. The van der Waals surface area contributed by atoms with E-state index >= 15 is 0 Å². The fraction of sp³-hybridized carbons (Fsp3) is 0.500. The van der Waals surface area contributed by atoms with Crippen molar-refractivity contribution in [3.05, 3.63) is 42.0 Å². The molecule has 1 fully saturated rings. The molecule has 1 unspecified atom stereocenters. The lowest BCUT2D eigenvalue weighted by Gasteiger charge is -2.38. The van der Waals surface area contributed by atoms with Crippen LogP contribution in [0.15, 0.2) is 36.4 Å². The van der Waals surface area contributed by atoms with Crippen LogP contribution in [-0.4, -0.2) is 36.2 Å². The number of aliphatic hydroxyl groups is 1. The molecule has 98 valence electrons. The van der Waals surface area contributed by atoms with Crippen LogP contribution < -0.4 is 0 Å². The molecule has 0 spiro atoms. The average Bonchev–Trinajstić information content (AvgIpc) is 2.40. The highest BCUT2D eigenvalue weighted by molar-refractivity contribution is 5.48. The normalized spacial score (nSPS) is 25.7. The van der Waals surface area contributed by atoms with Gasteiger partial charge in [-0.05, 0) is 24.9 Å². The summed E-state index contributed by atoms with van der Waals surface area (Å²) >= 11 is 0. The van der Waals surface area contributed by atoms with Crippen molar-refractivity contribution >= 4 is 6.08 Å². The Balaban J connectivity index is 1.85. The number of likely N-dealkylation sites (tertiary alicyclic amines) is 1. The van der Waals surface area contributed by atoms with Gasteiger partial charge in [0.1, 0.15) is 0 Å². The van der Waals surface area contributed by atoms with E-state index in [1.807, 2.05) is 6.07 Å². The molecule has 0 aliphatic carbocycles. The number of hydrogen-bond donors (Lipinski definition) is 1. The maximum Gasteiger partial charge on any atom is 0.0497 e. The minimum Gasteiger partial charge on any atom is -0.396 e. The van der Waals surface area contributed by atoms with Crippen molar-refractivity contribution < 1.29 is 5.11 Å². The molecule has 2 nitrogen and oxygen atoms in total. The first-order valence-corrected chi connectivity index (χ1v) is 6.77. The van der Waals surface area contributed by atoms with Gasteiger partial charge in [-0.3, -0.25) is 4.90 Å². The Labute approximate surface area is 110 Å². The smallest absolute Gasteiger partial charge is 0.0497 e. The third-order valence-electron chi connectivity index (χ3n) is 3.72. The standard InChI is InChI=1S/C16H23NO/c1-16(14-18)10-6-12-17(13-16)11-5-9-15-7-3-2-4-8-15/h2-5,7-9,18H,6,10-14H2,1H3/b9-5+. The zero-order chi connectivity index (χ0) is 12.8. The lowest BCUT2D eigenvalue weighted by molar-refractivity contribution is 0.0524. The van der Waals surface area contributed by atoms with E-state index in [0.29, 0.717) is 6.61 Å². The molecular formula is C16H23NO. The third-order valence-corrected chi connectivity index (χ3v) is 3.72. The summed E-state index contributed by atoms with van der Waals surface area (Å²) < 4.78 is 0. The lowest BCUT2D eigenvalue weighted by atomic mass is 9.83. The van der Waals surface area contributed by atoms with Gasteiger partial charge in [-0.25, -0.2) is 0 Å². The van der Waals surface area contributed by atoms with Crippen molar-refractivity contribution in [2.24, 2.45) is 5.41 Å². The lowest BCUT2D eigenvalue weighted by Crippen LogP contribution is -2.43. The van der Waals surface area contributed by atoms with Gasteiger partial charge in [0, 0.05) is 25.1 Å². The molecule has 1 N–H and O–H groups in total. The highest BCUT2D eigenvalue weighted by Crippen LogP contribution is 2.28. The van der Waals surface area contributed by atoms with Gasteiger partial charge in [0.05, 0.1) is 0 Å². The van der Waals surface area contributed by atoms with Crippen LogP contribution in [0.25, 0.3) is 6.08 Å². The zero-order valence-electron chi connectivity index (χ0n) is 11.2. The Kier molecular flexibility index (Phi) is 4.56. The molecule has 0 saturated carbocycles. The Morgan fingerprint density at radius 1 is 1.33 bits per heavy atom. The van der Waals surface area contributed by atoms with Gasteiger partial charge in [-0.15, -0.1) is 0 Å². The maximum absolute atomic E-state index is 9.43. The first-order valence-electron chi connectivity index (χ1n) is 6.77. The number of nitrogens with zero attached hydrogens (tertiary/aromatic N) is 1. The molecule has 1 saturated heterocycles. The zero-order valence-corrected chi connectivity index (χ0v) is 11.2. The van der Waals surface area contributed by atoms with Crippen molar-refractivity contribution in [2.45, 2.75) is 19.8 Å². The predicted octanol–water partition coefficient (Wildman–Crippen LogP) is 2.79. The molecule has 1 aliphatic rings. The van der Waals surface area contributed by atoms with Gasteiger partial charge >= 0.3 is 0 Å². The summed E-state index contributed by atoms with van der Waals surface area (Å²) in [6.45, 7) is 5.60. The summed E-state index contributed by atoms with van der Waals surface area (Å²) in [7, 11) is 0. The van der Waals surface area contributed by atoms with Crippen LogP contribution in [0.3, 0.4) is 0 Å². The van der Waals surface area contributed by atoms with Crippen LogP contribution in [0.1, 0.15) is 25.3 Å². The van der Waals surface area contributed by atoms with E-state index < -0.39 is 0 Å². The summed E-state index contributed by atoms with van der Waals surface area (Å²) in [5.41, 5.74) is 1.35. The van der Waals surface area contributed by atoms with E-state index in [-0.39, 0.29) is 5.41 Å². The van der Waals surface area contributed by atoms with Gasteiger partial charge in [0.15, 0.2) is 0 Å². The first-order chi connectivity index (χ1) is 8.72. The molecule has 2 rings (SSSR count). The minimum absolute atomic E-state index is 0.0961. The summed E-state index contributed by atoms with van der Waals surface area (Å²) in [5, 5.41) is 9.43. The Morgan fingerprint density at radius 2 is 2.11 bits per heavy atom. The van der Waals surface area contributed by atoms with Gasteiger partial charge in [0.25, 0.3) is 0 Å². The van der Waals surface area contributed by atoms with Gasteiger partial charge in [-0.1, -0.05) is 49.4 Å². The fourth-order valence-corrected chi connectivity index (χ4v) is 2.61. The van der Waals surface area contributed by atoms with Crippen molar-refractivity contribution in [2.75, 3.05) is 26.2 Å². The summed E-state index contributed by atoms with van der Waals surface area (Å²) in [4.78, 5) is 2.43. The first kappa shape index (κ1) is 13.3. The van der Waals surface area contributed by atoms with E-state index in [9.17, 15) is 5.11 Å². The van der Waals surface area contributed by atoms with Crippen LogP contribution in [0, 0.1) is 5.41 Å². The van der Waals surface area contributed by atoms with Crippen molar-refractivity contribution in [1.29, 1.82) is 0 Å². The summed E-state index contributed by atoms with van der Waals surface area (Å²) in [6.07, 6.45) is 6.72. The SMILES string of the molecule is CC1(CO)CCCN(C/C=C/c2ccccc2)C1. The van der Waals surface area contributed by atoms with E-state index in [1.165, 1.54) is 12.0 Å². The minimum atomic E-state index is 0.0961. The molecule has 0 amide bonds. The van der Waals surface area contributed by atoms with E-state index in [0.717, 1.165) is 26.1 Å². The maximum atomic E-state index is 9.43. The Bertz CT molecular complexity index is 387. The highest BCUT2D eigenvalue weighted by atomic mass is 16.3. The van der Waals surface area contributed by atoms with Crippen LogP contribution in [-0.2, 0) is 0 Å². The van der Waals surface area contributed by atoms with Crippen LogP contribution >= 0.6 is 0 Å². The third kappa shape index (κ3) is 3.69. The second-order valence-corrected chi connectivity index (χ2v) is 5.62. The molecule has 1 aromatic rings. The number of benzene rings is 1. The van der Waals surface area contributed by atoms with E-state index in [2.05, 4.69) is 48.2 Å². The van der Waals surface area contributed by atoms with Crippen molar-refractivity contribution in [1.82, 2.24) is 4.90 Å².